The van der Waals surface area contributed by atoms with Gasteiger partial charge in [0.05, 0.1) is 0 Å². The number of ether oxygens (including phenoxy) is 1. The lowest BCUT2D eigenvalue weighted by molar-refractivity contribution is 0.0299. The smallest absolute Gasteiger partial charge is 0.410 e. The fraction of sp³-hybridized carbons (Fsp3) is 0.632. The minimum Gasteiger partial charge on any atom is -0.444 e. The number of aryl methyl sites for hydroxylation is 1. The number of benzene rings is 1. The average molecular weight is 320 g/mol. The first-order valence-electron chi connectivity index (χ1n) is 8.53. The van der Waals surface area contributed by atoms with Crippen molar-refractivity contribution in [2.75, 3.05) is 20.1 Å². The zero-order valence-electron chi connectivity index (χ0n) is 15.5. The van der Waals surface area contributed by atoms with Crippen LogP contribution < -0.4 is 5.32 Å². The van der Waals surface area contributed by atoms with Crippen LogP contribution in [0.3, 0.4) is 0 Å². The average Bonchev–Trinajstić information content (AvgIpc) is 2.50. The van der Waals surface area contributed by atoms with E-state index in [0.29, 0.717) is 12.6 Å². The van der Waals surface area contributed by atoms with Gasteiger partial charge in [-0.2, -0.15) is 0 Å². The van der Waals surface area contributed by atoms with Crippen molar-refractivity contribution in [2.24, 2.45) is 0 Å². The predicted octanol–water partition coefficient (Wildman–Crippen LogP) is 4.16. The van der Waals surface area contributed by atoms with Crippen molar-refractivity contribution in [1.82, 2.24) is 10.2 Å². The number of amides is 1. The van der Waals surface area contributed by atoms with E-state index in [4.69, 9.17) is 4.74 Å². The molecule has 4 heteroatoms. The van der Waals surface area contributed by atoms with Crippen molar-refractivity contribution in [3.63, 3.8) is 0 Å². The molecule has 4 nitrogen and oxygen atoms in total. The van der Waals surface area contributed by atoms with Crippen LogP contribution in [0.1, 0.15) is 58.2 Å². The summed E-state index contributed by atoms with van der Waals surface area (Å²) in [6.45, 7) is 11.3. The van der Waals surface area contributed by atoms with Crippen LogP contribution in [0.5, 0.6) is 0 Å². The number of rotatable bonds is 7. The number of nitrogens with one attached hydrogen (secondary N) is 1. The monoisotopic (exact) mass is 320 g/mol. The Morgan fingerprint density at radius 2 is 1.83 bits per heavy atom. The van der Waals surface area contributed by atoms with E-state index in [0.717, 1.165) is 19.4 Å². The highest BCUT2D eigenvalue weighted by Gasteiger charge is 2.19. The first kappa shape index (κ1) is 19.5. The van der Waals surface area contributed by atoms with E-state index in [1.165, 1.54) is 11.1 Å². The maximum absolute atomic E-state index is 11.9. The topological polar surface area (TPSA) is 41.6 Å². The molecule has 130 valence electrons. The Hall–Kier alpha value is -1.55. The molecule has 0 fully saturated rings. The summed E-state index contributed by atoms with van der Waals surface area (Å²) < 4.78 is 5.35. The minimum absolute atomic E-state index is 0.278. The Morgan fingerprint density at radius 3 is 2.30 bits per heavy atom. The van der Waals surface area contributed by atoms with Gasteiger partial charge in [-0.3, -0.25) is 0 Å². The van der Waals surface area contributed by atoms with Gasteiger partial charge in [0.2, 0.25) is 0 Å². The van der Waals surface area contributed by atoms with Crippen molar-refractivity contribution in [3.8, 4) is 0 Å². The molecule has 23 heavy (non-hydrogen) atoms. The first-order valence-corrected chi connectivity index (χ1v) is 8.53. The molecular weight excluding hydrogens is 288 g/mol. The van der Waals surface area contributed by atoms with Crippen molar-refractivity contribution in [3.05, 3.63) is 35.4 Å². The van der Waals surface area contributed by atoms with Crippen molar-refractivity contribution in [1.29, 1.82) is 0 Å². The molecule has 0 aliphatic rings. The van der Waals surface area contributed by atoms with Crippen LogP contribution in [-0.2, 0) is 11.2 Å². The minimum atomic E-state index is -0.453. The number of hydrogen-bond donors (Lipinski definition) is 1. The predicted molar refractivity (Wildman–Crippen MR) is 95.7 cm³/mol. The number of carbonyl (C=O) groups excluding carboxylic acids is 1. The van der Waals surface area contributed by atoms with Crippen LogP contribution in [0.25, 0.3) is 0 Å². The van der Waals surface area contributed by atoms with Gasteiger partial charge in [-0.25, -0.2) is 4.79 Å². The summed E-state index contributed by atoms with van der Waals surface area (Å²) in [6.07, 6.45) is 1.80. The molecule has 1 aromatic rings. The molecule has 0 saturated heterocycles. The molecule has 1 rings (SSSR count). The maximum atomic E-state index is 11.9. The molecule has 0 bridgehead atoms. The Kier molecular flexibility index (Phi) is 7.56. The van der Waals surface area contributed by atoms with Gasteiger partial charge in [-0.1, -0.05) is 38.1 Å². The third kappa shape index (κ3) is 7.04. The molecule has 0 radical (unpaired) electrons. The molecule has 1 aromatic carbocycles. The van der Waals surface area contributed by atoms with Gasteiger partial charge in [0.1, 0.15) is 5.60 Å². The van der Waals surface area contributed by atoms with E-state index < -0.39 is 5.60 Å². The van der Waals surface area contributed by atoms with Crippen LogP contribution in [0.2, 0.25) is 0 Å². The maximum Gasteiger partial charge on any atom is 0.410 e. The Bertz CT molecular complexity index is 477. The summed E-state index contributed by atoms with van der Waals surface area (Å²) in [6, 6.07) is 9.07. The summed E-state index contributed by atoms with van der Waals surface area (Å²) in [7, 11) is 1.77. The number of likely N-dealkylation sites (N-methyl/N-ethyl adjacent to an activating group) is 1. The van der Waals surface area contributed by atoms with Crippen molar-refractivity contribution in [2.45, 2.75) is 59.1 Å². The van der Waals surface area contributed by atoms with Gasteiger partial charge in [0, 0.05) is 26.2 Å². The lowest BCUT2D eigenvalue weighted by Gasteiger charge is -2.25. The lowest BCUT2D eigenvalue weighted by atomic mass is 10.0. The van der Waals surface area contributed by atoms with Crippen LogP contribution >= 0.6 is 0 Å². The van der Waals surface area contributed by atoms with E-state index >= 15 is 0 Å². The molecule has 0 aromatic heterocycles. The number of nitrogens with zero attached hydrogens (tertiary/aromatic N) is 1. The molecule has 0 aliphatic carbocycles. The summed E-state index contributed by atoms with van der Waals surface area (Å²) in [5.41, 5.74) is 2.20. The van der Waals surface area contributed by atoms with Crippen LogP contribution in [0.15, 0.2) is 24.3 Å². The van der Waals surface area contributed by atoms with E-state index in [9.17, 15) is 4.79 Å². The number of hydrogen-bond acceptors (Lipinski definition) is 3. The molecule has 0 heterocycles. The summed E-state index contributed by atoms with van der Waals surface area (Å²) >= 11 is 0. The van der Waals surface area contributed by atoms with Crippen molar-refractivity contribution < 1.29 is 9.53 Å². The van der Waals surface area contributed by atoms with Gasteiger partial charge < -0.3 is 15.0 Å². The van der Waals surface area contributed by atoms with Gasteiger partial charge in [0.25, 0.3) is 0 Å². The summed E-state index contributed by atoms with van der Waals surface area (Å²) in [4.78, 5) is 13.5. The highest BCUT2D eigenvalue weighted by atomic mass is 16.6. The van der Waals surface area contributed by atoms with Crippen LogP contribution in [0, 0.1) is 0 Å². The quantitative estimate of drug-likeness (QED) is 0.820. The van der Waals surface area contributed by atoms with Gasteiger partial charge in [-0.15, -0.1) is 0 Å². The van der Waals surface area contributed by atoms with Crippen molar-refractivity contribution >= 4 is 6.09 Å². The Morgan fingerprint density at radius 1 is 1.22 bits per heavy atom. The third-order valence-corrected chi connectivity index (χ3v) is 3.74. The lowest BCUT2D eigenvalue weighted by Crippen LogP contribution is -2.38. The van der Waals surface area contributed by atoms with Crippen LogP contribution in [-0.4, -0.2) is 36.7 Å². The Balaban J connectivity index is 2.46. The third-order valence-electron chi connectivity index (χ3n) is 3.74. The first-order chi connectivity index (χ1) is 10.8. The zero-order chi connectivity index (χ0) is 17.5. The van der Waals surface area contributed by atoms with Gasteiger partial charge in [-0.05, 0) is 44.7 Å². The normalized spacial score (nSPS) is 12.8. The molecule has 1 atom stereocenters. The molecule has 1 amide bonds. The molecule has 0 aliphatic heterocycles. The van der Waals surface area contributed by atoms with E-state index in [1.54, 1.807) is 11.9 Å². The molecule has 1 N–H and O–H groups in total. The highest BCUT2D eigenvalue weighted by Crippen LogP contribution is 2.17. The number of carbonyl (C=O) groups is 1. The Labute approximate surface area is 141 Å². The largest absolute Gasteiger partial charge is 0.444 e. The molecule has 1 unspecified atom stereocenters. The zero-order valence-corrected chi connectivity index (χ0v) is 15.5. The van der Waals surface area contributed by atoms with Crippen LogP contribution in [0.4, 0.5) is 4.79 Å². The van der Waals surface area contributed by atoms with E-state index in [2.05, 4.69) is 43.4 Å². The molecule has 0 saturated carbocycles. The fourth-order valence-corrected chi connectivity index (χ4v) is 2.32. The standard InChI is InChI=1S/C19H32N2O2/c1-7-15-9-11-16(12-10-15)17(8-2)20-13-14-21(6)18(22)23-19(3,4)5/h9-12,17,20H,7-8,13-14H2,1-6H3. The second kappa shape index (κ2) is 8.92. The van der Waals surface area contributed by atoms with Gasteiger partial charge in [0.15, 0.2) is 0 Å². The highest BCUT2D eigenvalue weighted by molar-refractivity contribution is 5.67. The van der Waals surface area contributed by atoms with E-state index in [-0.39, 0.29) is 6.09 Å². The summed E-state index contributed by atoms with van der Waals surface area (Å²) in [5, 5.41) is 3.52. The van der Waals surface area contributed by atoms with E-state index in [1.807, 2.05) is 20.8 Å². The fourth-order valence-electron chi connectivity index (χ4n) is 2.32. The van der Waals surface area contributed by atoms with Gasteiger partial charge >= 0.3 is 6.09 Å². The second-order valence-corrected chi connectivity index (χ2v) is 6.91. The molecular formula is C19H32N2O2. The molecule has 0 spiro atoms. The second-order valence-electron chi connectivity index (χ2n) is 6.91. The summed E-state index contributed by atoms with van der Waals surface area (Å²) in [5.74, 6) is 0. The SMILES string of the molecule is CCc1ccc(C(CC)NCCN(C)C(=O)OC(C)(C)C)cc1.